The van der Waals surface area contributed by atoms with Gasteiger partial charge in [0.2, 0.25) is 5.95 Å². The number of benzene rings is 1. The van der Waals surface area contributed by atoms with Crippen LogP contribution < -0.4 is 11.1 Å². The number of fused-ring (bicyclic) bond motifs is 1. The van der Waals surface area contributed by atoms with Crippen molar-refractivity contribution < 1.29 is 0 Å². The summed E-state index contributed by atoms with van der Waals surface area (Å²) in [7, 11) is 0. The summed E-state index contributed by atoms with van der Waals surface area (Å²) in [5, 5.41) is 5.02. The van der Waals surface area contributed by atoms with E-state index in [1.807, 2.05) is 24.4 Å². The van der Waals surface area contributed by atoms with Crippen molar-refractivity contribution in [3.63, 3.8) is 0 Å². The van der Waals surface area contributed by atoms with Gasteiger partial charge in [-0.05, 0) is 25.3 Å². The predicted octanol–water partition coefficient (Wildman–Crippen LogP) is 3.57. The van der Waals surface area contributed by atoms with Gasteiger partial charge in [0, 0.05) is 34.7 Å². The number of hydrogen-bond acceptors (Lipinski definition) is 4. The highest BCUT2D eigenvalue weighted by Crippen LogP contribution is 2.32. The first-order valence-corrected chi connectivity index (χ1v) is 8.19. The number of rotatable bonds is 3. The first-order valence-electron chi connectivity index (χ1n) is 7.82. The van der Waals surface area contributed by atoms with Gasteiger partial charge in [-0.25, -0.2) is 9.97 Å². The van der Waals surface area contributed by atoms with E-state index in [0.29, 0.717) is 17.0 Å². The molecular formula is C17H18ClN5. The average molecular weight is 328 g/mol. The molecule has 6 heteroatoms. The Morgan fingerprint density at radius 2 is 2.13 bits per heavy atom. The molecule has 1 saturated carbocycles. The summed E-state index contributed by atoms with van der Waals surface area (Å²) in [6.45, 7) is 0. The van der Waals surface area contributed by atoms with Gasteiger partial charge in [-0.3, -0.25) is 0 Å². The molecule has 3 aromatic rings. The normalized spacial score (nSPS) is 21.0. The number of H-pyrrole nitrogens is 1. The Bertz CT molecular complexity index is 844. The number of nitrogens with two attached hydrogens (primary N) is 1. The first kappa shape index (κ1) is 14.5. The molecule has 0 radical (unpaired) electrons. The van der Waals surface area contributed by atoms with E-state index in [0.717, 1.165) is 41.4 Å². The molecule has 1 aliphatic carbocycles. The van der Waals surface area contributed by atoms with E-state index in [1.165, 1.54) is 0 Å². The molecule has 4 rings (SSSR count). The molecule has 1 fully saturated rings. The Morgan fingerprint density at radius 3 is 2.96 bits per heavy atom. The Balaban J connectivity index is 1.69. The number of anilines is 1. The highest BCUT2D eigenvalue weighted by molar-refractivity contribution is 6.33. The quantitative estimate of drug-likeness (QED) is 0.687. The zero-order valence-corrected chi connectivity index (χ0v) is 13.3. The highest BCUT2D eigenvalue weighted by atomic mass is 35.5. The van der Waals surface area contributed by atoms with Crippen molar-refractivity contribution >= 4 is 28.5 Å². The van der Waals surface area contributed by atoms with Crippen LogP contribution in [0.3, 0.4) is 0 Å². The molecule has 2 heterocycles. The minimum absolute atomic E-state index is 0.271. The third-order valence-electron chi connectivity index (χ3n) is 4.39. The molecule has 1 aliphatic rings. The van der Waals surface area contributed by atoms with Gasteiger partial charge in [-0.1, -0.05) is 29.8 Å². The van der Waals surface area contributed by atoms with Crippen LogP contribution in [0.15, 0.2) is 36.7 Å². The van der Waals surface area contributed by atoms with E-state index in [9.17, 15) is 0 Å². The molecule has 0 bridgehead atoms. The minimum atomic E-state index is 0.271. The molecule has 23 heavy (non-hydrogen) atoms. The Morgan fingerprint density at radius 1 is 1.26 bits per heavy atom. The second-order valence-electron chi connectivity index (χ2n) is 6.05. The third-order valence-corrected chi connectivity index (χ3v) is 4.67. The van der Waals surface area contributed by atoms with Gasteiger partial charge < -0.3 is 16.0 Å². The standard InChI is InChI=1S/C17H18ClN5/c18-14-9-21-17(22-11-6-5-10(19)7-11)23-16(14)13-8-20-15-4-2-1-3-12(13)15/h1-4,8-11,20H,5-7,19H2,(H,21,22,23)/t10-,11+/m1/s1. The summed E-state index contributed by atoms with van der Waals surface area (Å²) in [6.07, 6.45) is 6.64. The molecular weight excluding hydrogens is 310 g/mol. The van der Waals surface area contributed by atoms with Crippen LogP contribution in [0.1, 0.15) is 19.3 Å². The molecule has 0 saturated heterocycles. The second kappa shape index (κ2) is 5.83. The number of nitrogens with zero attached hydrogens (tertiary/aromatic N) is 2. The van der Waals surface area contributed by atoms with Gasteiger partial charge >= 0.3 is 0 Å². The van der Waals surface area contributed by atoms with E-state index in [4.69, 9.17) is 17.3 Å². The summed E-state index contributed by atoms with van der Waals surface area (Å²) in [6, 6.07) is 8.71. The van der Waals surface area contributed by atoms with E-state index in [-0.39, 0.29) is 6.04 Å². The fourth-order valence-corrected chi connectivity index (χ4v) is 3.42. The molecule has 0 spiro atoms. The number of aromatic amines is 1. The number of para-hydroxylation sites is 1. The van der Waals surface area contributed by atoms with E-state index < -0.39 is 0 Å². The summed E-state index contributed by atoms with van der Waals surface area (Å²) >= 11 is 6.34. The van der Waals surface area contributed by atoms with Crippen molar-refractivity contribution in [2.75, 3.05) is 5.32 Å². The predicted molar refractivity (Wildman–Crippen MR) is 93.6 cm³/mol. The molecule has 0 unspecified atom stereocenters. The van der Waals surface area contributed by atoms with Crippen molar-refractivity contribution in [2.45, 2.75) is 31.3 Å². The van der Waals surface area contributed by atoms with Gasteiger partial charge in [0.25, 0.3) is 0 Å². The lowest BCUT2D eigenvalue weighted by molar-refractivity contribution is 0.685. The number of aromatic nitrogens is 3. The fourth-order valence-electron chi connectivity index (χ4n) is 3.22. The molecule has 5 nitrogen and oxygen atoms in total. The molecule has 118 valence electrons. The number of hydrogen-bond donors (Lipinski definition) is 3. The zero-order valence-electron chi connectivity index (χ0n) is 12.6. The maximum atomic E-state index is 6.34. The van der Waals surface area contributed by atoms with E-state index >= 15 is 0 Å². The van der Waals surface area contributed by atoms with Gasteiger partial charge in [-0.15, -0.1) is 0 Å². The molecule has 2 atom stereocenters. The van der Waals surface area contributed by atoms with Crippen LogP contribution in [0, 0.1) is 0 Å². The molecule has 1 aromatic carbocycles. The first-order chi connectivity index (χ1) is 11.2. The van der Waals surface area contributed by atoms with Gasteiger partial charge in [0.1, 0.15) is 0 Å². The van der Waals surface area contributed by atoms with Crippen molar-refractivity contribution in [1.29, 1.82) is 0 Å². The monoisotopic (exact) mass is 327 g/mol. The van der Waals surface area contributed by atoms with Crippen LogP contribution in [0.4, 0.5) is 5.95 Å². The van der Waals surface area contributed by atoms with E-state index in [1.54, 1.807) is 6.20 Å². The highest BCUT2D eigenvalue weighted by Gasteiger charge is 2.22. The Hall–Kier alpha value is -2.11. The smallest absolute Gasteiger partial charge is 0.223 e. The van der Waals surface area contributed by atoms with Crippen LogP contribution in [-0.2, 0) is 0 Å². The lowest BCUT2D eigenvalue weighted by atomic mass is 10.1. The lowest BCUT2D eigenvalue weighted by Crippen LogP contribution is -2.21. The molecule has 2 aromatic heterocycles. The van der Waals surface area contributed by atoms with Crippen LogP contribution in [-0.4, -0.2) is 27.0 Å². The zero-order chi connectivity index (χ0) is 15.8. The van der Waals surface area contributed by atoms with Gasteiger partial charge in [-0.2, -0.15) is 0 Å². The second-order valence-corrected chi connectivity index (χ2v) is 6.46. The minimum Gasteiger partial charge on any atom is -0.360 e. The molecule has 0 amide bonds. The summed E-state index contributed by atoms with van der Waals surface area (Å²) < 4.78 is 0. The van der Waals surface area contributed by atoms with Crippen LogP contribution >= 0.6 is 11.6 Å². The number of halogens is 1. The molecule has 4 N–H and O–H groups in total. The van der Waals surface area contributed by atoms with Crippen molar-refractivity contribution in [3.8, 4) is 11.3 Å². The van der Waals surface area contributed by atoms with Crippen molar-refractivity contribution in [3.05, 3.63) is 41.7 Å². The van der Waals surface area contributed by atoms with E-state index in [2.05, 4.69) is 26.3 Å². The van der Waals surface area contributed by atoms with Gasteiger partial charge in [0.15, 0.2) is 0 Å². The maximum absolute atomic E-state index is 6.34. The Labute approximate surface area is 139 Å². The fraction of sp³-hybridized carbons (Fsp3) is 0.294. The lowest BCUT2D eigenvalue weighted by Gasteiger charge is -2.13. The number of nitrogens with one attached hydrogen (secondary N) is 2. The van der Waals surface area contributed by atoms with Crippen LogP contribution in [0.5, 0.6) is 0 Å². The largest absolute Gasteiger partial charge is 0.360 e. The van der Waals surface area contributed by atoms with Crippen LogP contribution in [0.25, 0.3) is 22.2 Å². The van der Waals surface area contributed by atoms with Crippen molar-refractivity contribution in [2.24, 2.45) is 5.73 Å². The average Bonchev–Trinajstić information content (AvgIpc) is 3.15. The van der Waals surface area contributed by atoms with Gasteiger partial charge in [0.05, 0.1) is 16.9 Å². The summed E-state index contributed by atoms with van der Waals surface area (Å²) in [5.41, 5.74) is 8.75. The van der Waals surface area contributed by atoms with Crippen LogP contribution in [0.2, 0.25) is 5.02 Å². The SMILES string of the molecule is N[C@@H]1CC[C@H](Nc2ncc(Cl)c(-c3c[nH]c4ccccc34)n2)C1. The third kappa shape index (κ3) is 2.78. The maximum Gasteiger partial charge on any atom is 0.223 e. The summed E-state index contributed by atoms with van der Waals surface area (Å²) in [5.74, 6) is 0.605. The molecule has 0 aliphatic heterocycles. The summed E-state index contributed by atoms with van der Waals surface area (Å²) in [4.78, 5) is 12.2. The topological polar surface area (TPSA) is 79.6 Å². The Kier molecular flexibility index (Phi) is 3.67. The van der Waals surface area contributed by atoms with Crippen molar-refractivity contribution in [1.82, 2.24) is 15.0 Å².